The molecule has 1 saturated heterocycles. The second kappa shape index (κ2) is 5.81. The van der Waals surface area contributed by atoms with Crippen LogP contribution in [0, 0.1) is 0 Å². The van der Waals surface area contributed by atoms with Crippen molar-refractivity contribution in [3.63, 3.8) is 0 Å². The summed E-state index contributed by atoms with van der Waals surface area (Å²) in [6.07, 6.45) is 1.27. The van der Waals surface area contributed by atoms with Crippen LogP contribution in [0.4, 0.5) is 5.69 Å². The number of carbonyl (C=O) groups excluding carboxylic acids is 1. The van der Waals surface area contributed by atoms with Crippen molar-refractivity contribution < 1.29 is 19.4 Å². The number of hydrogen-bond donors (Lipinski definition) is 2. The van der Waals surface area contributed by atoms with Crippen molar-refractivity contribution in [1.82, 2.24) is 4.90 Å². The molecule has 1 aliphatic heterocycles. The van der Waals surface area contributed by atoms with E-state index in [4.69, 9.17) is 15.6 Å². The predicted octanol–water partition coefficient (Wildman–Crippen LogP) is 1.36. The number of likely N-dealkylation sites (tertiary alicyclic amines) is 1. The first-order chi connectivity index (χ1) is 9.50. The number of nitrogens with zero attached hydrogens (tertiary/aromatic N) is 1. The third-order valence-electron chi connectivity index (χ3n) is 3.34. The van der Waals surface area contributed by atoms with Gasteiger partial charge in [0.25, 0.3) is 5.91 Å². The smallest absolute Gasteiger partial charge is 0.341 e. The Labute approximate surface area is 117 Å². The monoisotopic (exact) mass is 278 g/mol. The average molecular weight is 278 g/mol. The van der Waals surface area contributed by atoms with Crippen molar-refractivity contribution in [3.05, 3.63) is 23.8 Å². The number of rotatable bonds is 4. The van der Waals surface area contributed by atoms with E-state index in [0.717, 1.165) is 25.9 Å². The lowest BCUT2D eigenvalue weighted by Gasteiger charge is -2.22. The summed E-state index contributed by atoms with van der Waals surface area (Å²) >= 11 is 0. The largest absolute Gasteiger partial charge is 0.480 e. The SMILES string of the molecule is CC(Oc1cccc(N)c1C(=O)O)C(=O)N1CCCC1. The van der Waals surface area contributed by atoms with Gasteiger partial charge in [0, 0.05) is 18.8 Å². The standard InChI is InChI=1S/C14H18N2O4/c1-9(13(17)16-7-2-3-8-16)20-11-6-4-5-10(15)12(11)14(18)19/h4-6,9H,2-3,7-8,15H2,1H3,(H,18,19). The summed E-state index contributed by atoms with van der Waals surface area (Å²) in [6.45, 7) is 3.08. The van der Waals surface area contributed by atoms with Crippen molar-refractivity contribution in [2.45, 2.75) is 25.9 Å². The molecule has 1 aromatic carbocycles. The van der Waals surface area contributed by atoms with Crippen LogP contribution in [0.1, 0.15) is 30.1 Å². The third-order valence-corrected chi connectivity index (χ3v) is 3.34. The number of carbonyl (C=O) groups is 2. The number of carboxylic acid groups (broad SMARTS) is 1. The first-order valence-electron chi connectivity index (χ1n) is 6.58. The van der Waals surface area contributed by atoms with E-state index < -0.39 is 12.1 Å². The molecule has 0 radical (unpaired) electrons. The molecule has 6 nitrogen and oxygen atoms in total. The van der Waals surface area contributed by atoms with Crippen molar-refractivity contribution in [2.24, 2.45) is 0 Å². The van der Waals surface area contributed by atoms with Crippen molar-refractivity contribution in [1.29, 1.82) is 0 Å². The van der Waals surface area contributed by atoms with E-state index in [1.165, 1.54) is 12.1 Å². The molecular formula is C14H18N2O4. The summed E-state index contributed by atoms with van der Waals surface area (Å²) in [5, 5.41) is 9.15. The van der Waals surface area contributed by atoms with Crippen LogP contribution in [-0.2, 0) is 4.79 Å². The van der Waals surface area contributed by atoms with E-state index in [-0.39, 0.29) is 22.9 Å². The first-order valence-corrected chi connectivity index (χ1v) is 6.58. The fourth-order valence-corrected chi connectivity index (χ4v) is 2.31. The number of carboxylic acids is 1. The maximum atomic E-state index is 12.1. The molecule has 2 rings (SSSR count). The Bertz CT molecular complexity index is 524. The highest BCUT2D eigenvalue weighted by Gasteiger charge is 2.26. The van der Waals surface area contributed by atoms with Gasteiger partial charge in [-0.1, -0.05) is 6.07 Å². The summed E-state index contributed by atoms with van der Waals surface area (Å²) in [7, 11) is 0. The van der Waals surface area contributed by atoms with Crippen LogP contribution in [0.25, 0.3) is 0 Å². The van der Waals surface area contributed by atoms with Crippen LogP contribution >= 0.6 is 0 Å². The van der Waals surface area contributed by atoms with Crippen LogP contribution in [-0.4, -0.2) is 41.1 Å². The van der Waals surface area contributed by atoms with Gasteiger partial charge in [-0.05, 0) is 31.9 Å². The lowest BCUT2D eigenvalue weighted by molar-refractivity contribution is -0.136. The van der Waals surface area contributed by atoms with E-state index in [2.05, 4.69) is 0 Å². The van der Waals surface area contributed by atoms with Gasteiger partial charge in [0.2, 0.25) is 0 Å². The van der Waals surface area contributed by atoms with Crippen LogP contribution < -0.4 is 10.5 Å². The molecular weight excluding hydrogens is 260 g/mol. The number of hydrogen-bond acceptors (Lipinski definition) is 4. The molecule has 1 unspecified atom stereocenters. The average Bonchev–Trinajstić information content (AvgIpc) is 2.91. The molecule has 3 N–H and O–H groups in total. The Balaban J connectivity index is 2.15. The van der Waals surface area contributed by atoms with Crippen LogP contribution in [0.3, 0.4) is 0 Å². The molecule has 1 fully saturated rings. The van der Waals surface area contributed by atoms with Crippen molar-refractivity contribution in [2.75, 3.05) is 18.8 Å². The van der Waals surface area contributed by atoms with Gasteiger partial charge in [0.05, 0.1) is 0 Å². The maximum absolute atomic E-state index is 12.1. The number of benzene rings is 1. The molecule has 0 spiro atoms. The Morgan fingerprint density at radius 2 is 2.00 bits per heavy atom. The summed E-state index contributed by atoms with van der Waals surface area (Å²) in [5.74, 6) is -1.17. The number of aromatic carboxylic acids is 1. The molecule has 0 aliphatic carbocycles. The molecule has 0 saturated carbocycles. The van der Waals surface area contributed by atoms with E-state index in [1.54, 1.807) is 17.9 Å². The molecule has 1 amide bonds. The molecule has 20 heavy (non-hydrogen) atoms. The quantitative estimate of drug-likeness (QED) is 0.811. The molecule has 0 aromatic heterocycles. The molecule has 108 valence electrons. The van der Waals surface area contributed by atoms with Gasteiger partial charge in [0.15, 0.2) is 6.10 Å². The summed E-state index contributed by atoms with van der Waals surface area (Å²) < 4.78 is 5.51. The lowest BCUT2D eigenvalue weighted by Crippen LogP contribution is -2.38. The van der Waals surface area contributed by atoms with E-state index in [1.807, 2.05) is 0 Å². The fourth-order valence-electron chi connectivity index (χ4n) is 2.31. The highest BCUT2D eigenvalue weighted by molar-refractivity contribution is 5.97. The zero-order valence-corrected chi connectivity index (χ0v) is 11.3. The minimum absolute atomic E-state index is 0.103. The molecule has 1 aliphatic rings. The van der Waals surface area contributed by atoms with Gasteiger partial charge in [-0.2, -0.15) is 0 Å². The van der Waals surface area contributed by atoms with Gasteiger partial charge < -0.3 is 20.5 Å². The number of nitrogen functional groups attached to an aromatic ring is 1. The third kappa shape index (κ3) is 2.84. The van der Waals surface area contributed by atoms with Crippen LogP contribution in [0.2, 0.25) is 0 Å². The Morgan fingerprint density at radius 1 is 1.35 bits per heavy atom. The minimum Gasteiger partial charge on any atom is -0.480 e. The number of nitrogens with two attached hydrogens (primary N) is 1. The summed E-state index contributed by atoms with van der Waals surface area (Å²) in [5.41, 5.74) is 5.66. The van der Waals surface area contributed by atoms with E-state index >= 15 is 0 Å². The van der Waals surface area contributed by atoms with Gasteiger partial charge in [-0.25, -0.2) is 4.79 Å². The number of anilines is 1. The predicted molar refractivity (Wildman–Crippen MR) is 73.7 cm³/mol. The van der Waals surface area contributed by atoms with Gasteiger partial charge >= 0.3 is 5.97 Å². The Morgan fingerprint density at radius 3 is 2.60 bits per heavy atom. The van der Waals surface area contributed by atoms with Crippen molar-refractivity contribution in [3.8, 4) is 5.75 Å². The molecule has 0 bridgehead atoms. The van der Waals surface area contributed by atoms with Crippen molar-refractivity contribution >= 4 is 17.6 Å². The second-order valence-electron chi connectivity index (χ2n) is 4.82. The summed E-state index contributed by atoms with van der Waals surface area (Å²) in [6, 6.07) is 4.60. The normalized spacial score (nSPS) is 15.9. The minimum atomic E-state index is -1.17. The van der Waals surface area contributed by atoms with Gasteiger partial charge in [-0.15, -0.1) is 0 Å². The zero-order valence-electron chi connectivity index (χ0n) is 11.3. The molecule has 1 atom stereocenters. The van der Waals surface area contributed by atoms with E-state index in [0.29, 0.717) is 0 Å². The zero-order chi connectivity index (χ0) is 14.7. The summed E-state index contributed by atoms with van der Waals surface area (Å²) in [4.78, 5) is 25.1. The molecule has 1 heterocycles. The lowest BCUT2D eigenvalue weighted by atomic mass is 10.1. The fraction of sp³-hybridized carbons (Fsp3) is 0.429. The van der Waals surface area contributed by atoms with Gasteiger partial charge in [0.1, 0.15) is 11.3 Å². The Hall–Kier alpha value is -2.24. The molecule has 6 heteroatoms. The molecule has 1 aromatic rings. The highest BCUT2D eigenvalue weighted by Crippen LogP contribution is 2.25. The number of amides is 1. The van der Waals surface area contributed by atoms with Crippen LogP contribution in [0.15, 0.2) is 18.2 Å². The maximum Gasteiger partial charge on any atom is 0.341 e. The first kappa shape index (κ1) is 14.2. The topological polar surface area (TPSA) is 92.9 Å². The second-order valence-corrected chi connectivity index (χ2v) is 4.82. The van der Waals surface area contributed by atoms with Crippen LogP contribution in [0.5, 0.6) is 5.75 Å². The van der Waals surface area contributed by atoms with Gasteiger partial charge in [-0.3, -0.25) is 4.79 Å². The number of ether oxygens (including phenoxy) is 1. The Kier molecular flexibility index (Phi) is 4.12. The van der Waals surface area contributed by atoms with E-state index in [9.17, 15) is 9.59 Å². The highest BCUT2D eigenvalue weighted by atomic mass is 16.5.